The van der Waals surface area contributed by atoms with Gasteiger partial charge >= 0.3 is 0 Å². The molecule has 0 radical (unpaired) electrons. The second kappa shape index (κ2) is 9.67. The molecule has 0 aliphatic heterocycles. The zero-order valence-corrected chi connectivity index (χ0v) is 18.7. The summed E-state index contributed by atoms with van der Waals surface area (Å²) in [6, 6.07) is 28.3. The maximum absolute atomic E-state index is 12.9. The highest BCUT2D eigenvalue weighted by Gasteiger charge is 2.15. The number of hydrogen-bond acceptors (Lipinski definition) is 6. The van der Waals surface area contributed by atoms with Crippen LogP contribution in [0.15, 0.2) is 97.1 Å². The fourth-order valence-electron chi connectivity index (χ4n) is 3.36. The van der Waals surface area contributed by atoms with Crippen molar-refractivity contribution >= 4 is 21.2 Å². The van der Waals surface area contributed by atoms with Crippen molar-refractivity contribution in [1.82, 2.24) is 0 Å². The highest BCUT2D eigenvalue weighted by Crippen LogP contribution is 2.29. The van der Waals surface area contributed by atoms with Crippen LogP contribution in [0, 0.1) is 0 Å². The largest absolute Gasteiger partial charge is 0.455 e. The molecule has 168 valence electrons. The average molecular weight is 461 g/mol. The average Bonchev–Trinajstić information content (AvgIpc) is 2.77. The van der Waals surface area contributed by atoms with Crippen molar-refractivity contribution in [3.63, 3.8) is 0 Å². The van der Waals surface area contributed by atoms with Crippen LogP contribution in [0.2, 0.25) is 0 Å². The lowest BCUT2D eigenvalue weighted by Gasteiger charge is -2.11. The van der Waals surface area contributed by atoms with E-state index >= 15 is 0 Å². The van der Waals surface area contributed by atoms with Gasteiger partial charge in [-0.15, -0.1) is 0 Å². The van der Waals surface area contributed by atoms with E-state index in [0.717, 1.165) is 0 Å². The minimum atomic E-state index is -3.44. The second-order valence-electron chi connectivity index (χ2n) is 7.61. The number of ether oxygens (including phenoxy) is 2. The monoisotopic (exact) mass is 460 g/mol. The van der Waals surface area contributed by atoms with Gasteiger partial charge in [-0.25, -0.2) is 8.42 Å². The number of para-hydroxylation sites is 4. The third kappa shape index (κ3) is 6.05. The van der Waals surface area contributed by atoms with Gasteiger partial charge in [0, 0.05) is 0 Å². The molecule has 0 saturated carbocycles. The first-order valence-electron chi connectivity index (χ1n) is 10.3. The summed E-state index contributed by atoms with van der Waals surface area (Å²) >= 11 is 0. The van der Waals surface area contributed by atoms with Gasteiger partial charge in [-0.2, -0.15) is 0 Å². The quantitative estimate of drug-likeness (QED) is 0.334. The van der Waals surface area contributed by atoms with E-state index < -0.39 is 9.84 Å². The Kier molecular flexibility index (Phi) is 6.51. The highest BCUT2D eigenvalue weighted by atomic mass is 32.2. The first kappa shape index (κ1) is 22.2. The Morgan fingerprint density at radius 2 is 1.00 bits per heavy atom. The number of anilines is 2. The molecule has 4 N–H and O–H groups in total. The molecule has 0 amide bonds. The Morgan fingerprint density at radius 3 is 1.42 bits per heavy atom. The van der Waals surface area contributed by atoms with Crippen molar-refractivity contribution in [2.45, 2.75) is 11.5 Å². The Balaban J connectivity index is 1.45. The Labute approximate surface area is 193 Å². The van der Waals surface area contributed by atoms with Gasteiger partial charge in [-0.3, -0.25) is 0 Å². The van der Waals surface area contributed by atoms with Crippen LogP contribution in [-0.2, 0) is 21.3 Å². The molecule has 0 saturated heterocycles. The predicted octanol–water partition coefficient (Wildman–Crippen LogP) is 5.55. The fourth-order valence-corrected chi connectivity index (χ4v) is 4.83. The normalized spacial score (nSPS) is 11.2. The predicted molar refractivity (Wildman–Crippen MR) is 131 cm³/mol. The lowest BCUT2D eigenvalue weighted by molar-refractivity contribution is 0.484. The molecule has 0 aliphatic carbocycles. The second-order valence-corrected chi connectivity index (χ2v) is 9.67. The summed E-state index contributed by atoms with van der Waals surface area (Å²) in [5, 5.41) is 0. The molecule has 0 aromatic heterocycles. The van der Waals surface area contributed by atoms with E-state index in [-0.39, 0.29) is 11.5 Å². The first-order valence-corrected chi connectivity index (χ1v) is 12.1. The number of sulfone groups is 1. The molecular weight excluding hydrogens is 436 g/mol. The van der Waals surface area contributed by atoms with Crippen molar-refractivity contribution in [2.24, 2.45) is 0 Å². The molecule has 0 unspecified atom stereocenters. The molecular formula is C26H24N2O4S. The summed E-state index contributed by atoms with van der Waals surface area (Å²) in [7, 11) is -3.44. The fraction of sp³-hybridized carbons (Fsp3) is 0.0769. The van der Waals surface area contributed by atoms with E-state index in [1.165, 1.54) is 0 Å². The van der Waals surface area contributed by atoms with Crippen molar-refractivity contribution in [1.29, 1.82) is 0 Å². The molecule has 7 heteroatoms. The summed E-state index contributed by atoms with van der Waals surface area (Å²) < 4.78 is 37.4. The summed E-state index contributed by atoms with van der Waals surface area (Å²) in [5.41, 5.74) is 14.1. The van der Waals surface area contributed by atoms with Crippen LogP contribution in [0.25, 0.3) is 0 Å². The van der Waals surface area contributed by atoms with E-state index in [4.69, 9.17) is 20.9 Å². The maximum Gasteiger partial charge on any atom is 0.158 e. The number of benzene rings is 4. The molecule has 33 heavy (non-hydrogen) atoms. The van der Waals surface area contributed by atoms with Crippen molar-refractivity contribution in [3.05, 3.63) is 108 Å². The standard InChI is InChI=1S/C26H24N2O4S/c27-23-11-1-3-13-25(23)31-21-9-5-7-19(15-21)17-33(29,30)18-20-8-6-10-22(16-20)32-26-14-4-2-12-24(26)28/h1-16H,17-18,27-28H2. The van der Waals surface area contributed by atoms with Crippen LogP contribution in [0.3, 0.4) is 0 Å². The van der Waals surface area contributed by atoms with Gasteiger partial charge in [0.05, 0.1) is 22.9 Å². The minimum absolute atomic E-state index is 0.120. The molecule has 4 aromatic rings. The van der Waals surface area contributed by atoms with Gasteiger partial charge in [0.2, 0.25) is 0 Å². The minimum Gasteiger partial charge on any atom is -0.455 e. The van der Waals surface area contributed by atoms with Crippen molar-refractivity contribution in [2.75, 3.05) is 11.5 Å². The van der Waals surface area contributed by atoms with Gasteiger partial charge in [0.1, 0.15) is 23.0 Å². The van der Waals surface area contributed by atoms with Gasteiger partial charge in [0.15, 0.2) is 9.84 Å². The molecule has 0 spiro atoms. The number of nitrogens with two attached hydrogens (primary N) is 2. The van der Waals surface area contributed by atoms with Crippen LogP contribution in [0.4, 0.5) is 11.4 Å². The number of hydrogen-bond donors (Lipinski definition) is 2. The Bertz CT molecular complexity index is 1270. The van der Waals surface area contributed by atoms with E-state index in [1.54, 1.807) is 72.8 Å². The smallest absolute Gasteiger partial charge is 0.158 e. The van der Waals surface area contributed by atoms with E-state index in [1.807, 2.05) is 24.3 Å². The third-order valence-electron chi connectivity index (χ3n) is 4.86. The van der Waals surface area contributed by atoms with Crippen LogP contribution in [0.5, 0.6) is 23.0 Å². The summed E-state index contributed by atoms with van der Waals surface area (Å²) in [5.74, 6) is 1.85. The lowest BCUT2D eigenvalue weighted by atomic mass is 10.2. The topological polar surface area (TPSA) is 105 Å². The van der Waals surface area contributed by atoms with E-state index in [0.29, 0.717) is 45.5 Å². The summed E-state index contributed by atoms with van der Waals surface area (Å²) in [6.07, 6.45) is 0. The molecule has 0 atom stereocenters. The Morgan fingerprint density at radius 1 is 0.576 bits per heavy atom. The molecule has 6 nitrogen and oxygen atoms in total. The van der Waals surface area contributed by atoms with Crippen molar-refractivity contribution in [3.8, 4) is 23.0 Å². The maximum atomic E-state index is 12.9. The van der Waals surface area contributed by atoms with Crippen molar-refractivity contribution < 1.29 is 17.9 Å². The number of nitrogen functional groups attached to an aromatic ring is 2. The zero-order chi connectivity index (χ0) is 23.3. The van der Waals surface area contributed by atoms with Gasteiger partial charge in [-0.05, 0) is 59.7 Å². The third-order valence-corrected chi connectivity index (χ3v) is 6.41. The van der Waals surface area contributed by atoms with Crippen LogP contribution < -0.4 is 20.9 Å². The molecule has 4 rings (SSSR count). The SMILES string of the molecule is Nc1ccccc1Oc1cccc(CS(=O)(=O)Cc2cccc(Oc3ccccc3N)c2)c1. The first-order chi connectivity index (χ1) is 15.9. The molecule has 0 bridgehead atoms. The molecule has 0 aliphatic rings. The Hall–Kier alpha value is -3.97. The lowest BCUT2D eigenvalue weighted by Crippen LogP contribution is -2.08. The van der Waals surface area contributed by atoms with Gasteiger partial charge in [-0.1, -0.05) is 48.5 Å². The van der Waals surface area contributed by atoms with Gasteiger partial charge < -0.3 is 20.9 Å². The van der Waals surface area contributed by atoms with Crippen LogP contribution in [0.1, 0.15) is 11.1 Å². The van der Waals surface area contributed by atoms with E-state index in [9.17, 15) is 8.42 Å². The number of rotatable bonds is 8. The molecule has 0 fully saturated rings. The molecule has 0 heterocycles. The van der Waals surface area contributed by atoms with Crippen LogP contribution >= 0.6 is 0 Å². The van der Waals surface area contributed by atoms with Crippen LogP contribution in [-0.4, -0.2) is 8.42 Å². The molecule has 4 aromatic carbocycles. The highest BCUT2D eigenvalue weighted by molar-refractivity contribution is 7.89. The summed E-state index contributed by atoms with van der Waals surface area (Å²) in [6.45, 7) is 0. The zero-order valence-electron chi connectivity index (χ0n) is 17.8. The summed E-state index contributed by atoms with van der Waals surface area (Å²) in [4.78, 5) is 0. The van der Waals surface area contributed by atoms with E-state index in [2.05, 4.69) is 0 Å². The van der Waals surface area contributed by atoms with Gasteiger partial charge in [0.25, 0.3) is 0 Å².